The summed E-state index contributed by atoms with van der Waals surface area (Å²) in [6, 6.07) is 7.68. The van der Waals surface area contributed by atoms with E-state index in [0.717, 1.165) is 37.2 Å². The second kappa shape index (κ2) is 6.83. The summed E-state index contributed by atoms with van der Waals surface area (Å²) in [5.74, 6) is 0.810. The summed E-state index contributed by atoms with van der Waals surface area (Å²) >= 11 is 0. The molecule has 0 atom stereocenters. The molecule has 102 valence electrons. The van der Waals surface area contributed by atoms with Crippen LogP contribution < -0.4 is 10.1 Å². The van der Waals surface area contributed by atoms with Crippen molar-refractivity contribution >= 4 is 12.1 Å². The Hall–Kier alpha value is -1.97. The Morgan fingerprint density at radius 1 is 1.32 bits per heavy atom. The average Bonchev–Trinajstić information content (AvgIpc) is 2.48. The number of benzene rings is 1. The molecule has 1 aromatic rings. The van der Waals surface area contributed by atoms with Crippen LogP contribution in [0.3, 0.4) is 0 Å². The van der Waals surface area contributed by atoms with Crippen molar-refractivity contribution in [2.45, 2.75) is 19.3 Å². The van der Waals surface area contributed by atoms with Gasteiger partial charge in [0, 0.05) is 19.3 Å². The molecule has 0 bridgehead atoms. The van der Waals surface area contributed by atoms with E-state index in [0.29, 0.717) is 0 Å². The Labute approximate surface area is 114 Å². The fourth-order valence-corrected chi connectivity index (χ4v) is 2.14. The quantitative estimate of drug-likeness (QED) is 0.908. The minimum Gasteiger partial charge on any atom is -0.497 e. The molecule has 2 amide bonds. The summed E-state index contributed by atoms with van der Waals surface area (Å²) in [7, 11) is 1.64. The van der Waals surface area contributed by atoms with Crippen LogP contribution in [-0.2, 0) is 0 Å². The van der Waals surface area contributed by atoms with Crippen LogP contribution in [0, 0.1) is 0 Å². The molecule has 1 heterocycles. The molecule has 0 saturated carbocycles. The Balaban J connectivity index is 1.86. The van der Waals surface area contributed by atoms with Crippen molar-refractivity contribution < 1.29 is 9.53 Å². The number of carbonyl (C=O) groups is 1. The second-order valence-corrected chi connectivity index (χ2v) is 4.61. The lowest BCUT2D eigenvalue weighted by atomic mass is 10.1. The van der Waals surface area contributed by atoms with Crippen LogP contribution in [-0.4, -0.2) is 31.1 Å². The highest BCUT2D eigenvalue weighted by atomic mass is 16.5. The predicted octanol–water partition coefficient (Wildman–Crippen LogP) is 2.86. The van der Waals surface area contributed by atoms with E-state index in [-0.39, 0.29) is 6.03 Å². The van der Waals surface area contributed by atoms with Gasteiger partial charge in [0.15, 0.2) is 0 Å². The first kappa shape index (κ1) is 13.5. The van der Waals surface area contributed by atoms with E-state index in [9.17, 15) is 4.79 Å². The van der Waals surface area contributed by atoms with Gasteiger partial charge in [0.2, 0.25) is 0 Å². The van der Waals surface area contributed by atoms with E-state index in [2.05, 4.69) is 5.32 Å². The molecule has 1 aromatic carbocycles. The van der Waals surface area contributed by atoms with Gasteiger partial charge in [-0.3, -0.25) is 0 Å². The zero-order valence-electron chi connectivity index (χ0n) is 11.3. The lowest BCUT2D eigenvalue weighted by Gasteiger charge is -2.26. The first-order chi connectivity index (χ1) is 9.29. The zero-order chi connectivity index (χ0) is 13.5. The highest BCUT2D eigenvalue weighted by molar-refractivity contribution is 5.76. The maximum absolute atomic E-state index is 11.9. The van der Waals surface area contributed by atoms with Gasteiger partial charge in [-0.05, 0) is 43.0 Å². The molecular weight excluding hydrogens is 240 g/mol. The second-order valence-electron chi connectivity index (χ2n) is 4.61. The molecule has 1 fully saturated rings. The molecule has 0 aliphatic carbocycles. The molecular formula is C15H20N2O2. The number of rotatable bonds is 3. The summed E-state index contributed by atoms with van der Waals surface area (Å²) in [4.78, 5) is 13.7. The molecule has 0 unspecified atom stereocenters. The van der Waals surface area contributed by atoms with Crippen molar-refractivity contribution in [2.75, 3.05) is 20.2 Å². The Kier molecular flexibility index (Phi) is 4.84. The Bertz CT molecular complexity index is 451. The third kappa shape index (κ3) is 4.02. The van der Waals surface area contributed by atoms with E-state index in [1.807, 2.05) is 35.2 Å². The van der Waals surface area contributed by atoms with Crippen molar-refractivity contribution in [3.05, 3.63) is 36.0 Å². The van der Waals surface area contributed by atoms with Crippen LogP contribution in [0.2, 0.25) is 0 Å². The van der Waals surface area contributed by atoms with E-state index >= 15 is 0 Å². The number of hydrogen-bond donors (Lipinski definition) is 1. The highest BCUT2D eigenvalue weighted by Crippen LogP contribution is 2.13. The summed E-state index contributed by atoms with van der Waals surface area (Å²) < 4.78 is 5.15. The highest BCUT2D eigenvalue weighted by Gasteiger charge is 2.14. The summed E-state index contributed by atoms with van der Waals surface area (Å²) in [5, 5.41) is 2.80. The lowest BCUT2D eigenvalue weighted by Crippen LogP contribution is -2.40. The van der Waals surface area contributed by atoms with Gasteiger partial charge < -0.3 is 15.0 Å². The number of carbonyl (C=O) groups excluding carboxylic acids is 1. The van der Waals surface area contributed by atoms with Gasteiger partial charge in [-0.1, -0.05) is 12.1 Å². The summed E-state index contributed by atoms with van der Waals surface area (Å²) in [5.41, 5.74) is 0.998. The van der Waals surface area contributed by atoms with E-state index < -0.39 is 0 Å². The van der Waals surface area contributed by atoms with E-state index in [1.165, 1.54) is 6.42 Å². The van der Waals surface area contributed by atoms with Crippen molar-refractivity contribution in [1.29, 1.82) is 0 Å². The maximum atomic E-state index is 11.9. The topological polar surface area (TPSA) is 41.6 Å². The molecule has 0 aromatic heterocycles. The number of amides is 2. The number of urea groups is 1. The predicted molar refractivity (Wildman–Crippen MR) is 76.0 cm³/mol. The van der Waals surface area contributed by atoms with Gasteiger partial charge >= 0.3 is 6.03 Å². The summed E-state index contributed by atoms with van der Waals surface area (Å²) in [6.45, 7) is 1.72. The van der Waals surface area contributed by atoms with Gasteiger partial charge in [-0.15, -0.1) is 0 Å². The third-order valence-electron chi connectivity index (χ3n) is 3.22. The molecule has 19 heavy (non-hydrogen) atoms. The van der Waals surface area contributed by atoms with E-state index in [4.69, 9.17) is 4.74 Å². The summed E-state index contributed by atoms with van der Waals surface area (Å²) in [6.07, 6.45) is 6.99. The SMILES string of the molecule is COc1cccc(/C=C/NC(=O)N2CCCCC2)c1. The van der Waals surface area contributed by atoms with Crippen molar-refractivity contribution in [1.82, 2.24) is 10.2 Å². The Morgan fingerprint density at radius 2 is 2.11 bits per heavy atom. The molecule has 1 saturated heterocycles. The van der Waals surface area contributed by atoms with Crippen molar-refractivity contribution in [3.63, 3.8) is 0 Å². The largest absolute Gasteiger partial charge is 0.497 e. The number of nitrogens with one attached hydrogen (secondary N) is 1. The monoisotopic (exact) mass is 260 g/mol. The molecule has 1 N–H and O–H groups in total. The van der Waals surface area contributed by atoms with Crippen molar-refractivity contribution in [2.24, 2.45) is 0 Å². The molecule has 4 nitrogen and oxygen atoms in total. The zero-order valence-corrected chi connectivity index (χ0v) is 11.3. The minimum absolute atomic E-state index is 0.0150. The van der Waals surface area contributed by atoms with Crippen LogP contribution >= 0.6 is 0 Å². The van der Waals surface area contributed by atoms with Crippen LogP contribution in [0.4, 0.5) is 4.79 Å². The third-order valence-corrected chi connectivity index (χ3v) is 3.22. The number of methoxy groups -OCH3 is 1. The number of likely N-dealkylation sites (tertiary alicyclic amines) is 1. The average molecular weight is 260 g/mol. The van der Waals surface area contributed by atoms with Gasteiger partial charge in [0.05, 0.1) is 7.11 Å². The van der Waals surface area contributed by atoms with Crippen LogP contribution in [0.1, 0.15) is 24.8 Å². The number of piperidine rings is 1. The maximum Gasteiger partial charge on any atom is 0.321 e. The number of ether oxygens (including phenoxy) is 1. The molecule has 4 heteroatoms. The fraction of sp³-hybridized carbons (Fsp3) is 0.400. The van der Waals surface area contributed by atoms with Gasteiger partial charge in [-0.25, -0.2) is 4.79 Å². The van der Waals surface area contributed by atoms with Crippen LogP contribution in [0.15, 0.2) is 30.5 Å². The smallest absolute Gasteiger partial charge is 0.321 e. The number of hydrogen-bond acceptors (Lipinski definition) is 2. The van der Waals surface area contributed by atoms with Crippen LogP contribution in [0.5, 0.6) is 5.75 Å². The van der Waals surface area contributed by atoms with Gasteiger partial charge in [0.1, 0.15) is 5.75 Å². The van der Waals surface area contributed by atoms with Gasteiger partial charge in [-0.2, -0.15) is 0 Å². The normalized spacial score (nSPS) is 15.5. The molecule has 1 aliphatic rings. The number of nitrogens with zero attached hydrogens (tertiary/aromatic N) is 1. The molecule has 0 radical (unpaired) electrons. The molecule has 0 spiro atoms. The molecule has 1 aliphatic heterocycles. The fourth-order valence-electron chi connectivity index (χ4n) is 2.14. The Morgan fingerprint density at radius 3 is 2.84 bits per heavy atom. The van der Waals surface area contributed by atoms with Crippen LogP contribution in [0.25, 0.3) is 6.08 Å². The lowest BCUT2D eigenvalue weighted by molar-refractivity contribution is 0.190. The van der Waals surface area contributed by atoms with Gasteiger partial charge in [0.25, 0.3) is 0 Å². The van der Waals surface area contributed by atoms with E-state index in [1.54, 1.807) is 13.3 Å². The van der Waals surface area contributed by atoms with Crippen molar-refractivity contribution in [3.8, 4) is 5.75 Å². The first-order valence-corrected chi connectivity index (χ1v) is 6.65. The first-order valence-electron chi connectivity index (χ1n) is 6.65. The minimum atomic E-state index is -0.0150. The standard InChI is InChI=1S/C15H20N2O2/c1-19-14-7-5-6-13(12-14)8-9-16-15(18)17-10-3-2-4-11-17/h5-9,12H,2-4,10-11H2,1H3,(H,16,18)/b9-8+. The molecule has 2 rings (SSSR count).